The predicted octanol–water partition coefficient (Wildman–Crippen LogP) is 2.33. The number of amides is 3. The Morgan fingerprint density at radius 2 is 1.09 bits per heavy atom. The van der Waals surface area contributed by atoms with Crippen molar-refractivity contribution < 1.29 is 27.2 Å². The van der Waals surface area contributed by atoms with Gasteiger partial charge in [0.05, 0.1) is 0 Å². The summed E-state index contributed by atoms with van der Waals surface area (Å²) in [6.07, 6.45) is 0. The zero-order valence-corrected chi connectivity index (χ0v) is 11.3. The number of hydrogen-bond acceptors (Lipinski definition) is 2. The van der Waals surface area contributed by atoms with Crippen LogP contribution in [-0.4, -0.2) is 11.9 Å². The number of rotatable bonds is 2. The molecule has 1 aliphatic rings. The molecule has 0 aliphatic carbocycles. The van der Waals surface area contributed by atoms with Crippen LogP contribution in [0.2, 0.25) is 0 Å². The number of carbonyl (C=O) groups is 2. The lowest BCUT2D eigenvalue weighted by Gasteiger charge is -2.27. The third kappa shape index (κ3) is 2.41. The SMILES string of the molecule is O=C1NC(=O)C(c2cc(F)cc(F)c2)(c2cc(F)cc(F)c2)N1. The van der Waals surface area contributed by atoms with Crippen LogP contribution in [0.25, 0.3) is 0 Å². The van der Waals surface area contributed by atoms with Crippen LogP contribution < -0.4 is 10.6 Å². The van der Waals surface area contributed by atoms with Crippen LogP contribution >= 0.6 is 0 Å². The molecule has 0 bridgehead atoms. The van der Waals surface area contributed by atoms with Gasteiger partial charge in [-0.05, 0) is 35.4 Å². The largest absolute Gasteiger partial charge is 0.322 e. The maximum absolute atomic E-state index is 13.5. The van der Waals surface area contributed by atoms with Crippen molar-refractivity contribution in [1.29, 1.82) is 0 Å². The minimum atomic E-state index is -2.14. The molecule has 118 valence electrons. The minimum Gasteiger partial charge on any atom is -0.316 e. The van der Waals surface area contributed by atoms with Gasteiger partial charge in [-0.1, -0.05) is 0 Å². The van der Waals surface area contributed by atoms with Crippen molar-refractivity contribution in [3.8, 4) is 0 Å². The molecular weight excluding hydrogens is 316 g/mol. The molecule has 1 aliphatic heterocycles. The summed E-state index contributed by atoms with van der Waals surface area (Å²) in [6.45, 7) is 0. The van der Waals surface area contributed by atoms with Gasteiger partial charge in [0.1, 0.15) is 23.3 Å². The van der Waals surface area contributed by atoms with Crippen molar-refractivity contribution in [1.82, 2.24) is 10.6 Å². The zero-order chi connectivity index (χ0) is 16.8. The van der Waals surface area contributed by atoms with Crippen molar-refractivity contribution in [3.05, 3.63) is 70.8 Å². The molecule has 0 radical (unpaired) electrons. The molecule has 0 atom stereocenters. The van der Waals surface area contributed by atoms with E-state index in [0.717, 1.165) is 24.3 Å². The Labute approximate surface area is 127 Å². The van der Waals surface area contributed by atoms with Gasteiger partial charge < -0.3 is 5.32 Å². The second-order valence-corrected chi connectivity index (χ2v) is 4.97. The number of carbonyl (C=O) groups excluding carboxylic acids is 2. The van der Waals surface area contributed by atoms with Crippen LogP contribution in [0, 0.1) is 23.3 Å². The molecule has 3 amide bonds. The van der Waals surface area contributed by atoms with Crippen molar-refractivity contribution in [3.63, 3.8) is 0 Å². The first-order valence-corrected chi connectivity index (χ1v) is 6.38. The van der Waals surface area contributed by atoms with Gasteiger partial charge >= 0.3 is 6.03 Å². The van der Waals surface area contributed by atoms with E-state index >= 15 is 0 Å². The van der Waals surface area contributed by atoms with E-state index in [2.05, 4.69) is 5.32 Å². The van der Waals surface area contributed by atoms with E-state index in [9.17, 15) is 27.2 Å². The van der Waals surface area contributed by atoms with Gasteiger partial charge in [0.25, 0.3) is 5.91 Å². The van der Waals surface area contributed by atoms with Crippen LogP contribution in [0.5, 0.6) is 0 Å². The summed E-state index contributed by atoms with van der Waals surface area (Å²) in [5.41, 5.74) is -2.74. The van der Waals surface area contributed by atoms with Crippen LogP contribution in [0.3, 0.4) is 0 Å². The highest BCUT2D eigenvalue weighted by atomic mass is 19.1. The fourth-order valence-corrected chi connectivity index (χ4v) is 2.57. The lowest BCUT2D eigenvalue weighted by Crippen LogP contribution is -2.45. The molecule has 0 unspecified atom stereocenters. The highest BCUT2D eigenvalue weighted by Gasteiger charge is 2.50. The number of imide groups is 1. The Morgan fingerprint density at radius 3 is 1.39 bits per heavy atom. The number of halogens is 4. The standard InChI is InChI=1S/C15H8F4N2O2/c16-9-1-7(2-10(17)5-9)15(13(22)20-14(23)21-15)8-3-11(18)6-12(19)4-8/h1-6H,(H2,20,21,22,23). The van der Waals surface area contributed by atoms with E-state index in [1.165, 1.54) is 0 Å². The zero-order valence-electron chi connectivity index (χ0n) is 11.3. The molecule has 23 heavy (non-hydrogen) atoms. The fraction of sp³-hybridized carbons (Fsp3) is 0.0667. The van der Waals surface area contributed by atoms with E-state index in [1.54, 1.807) is 0 Å². The predicted molar refractivity (Wildman–Crippen MR) is 70.2 cm³/mol. The van der Waals surface area contributed by atoms with Gasteiger partial charge in [0, 0.05) is 12.1 Å². The Hall–Kier alpha value is -2.90. The van der Waals surface area contributed by atoms with Crippen LogP contribution in [-0.2, 0) is 10.3 Å². The number of urea groups is 1. The molecule has 2 N–H and O–H groups in total. The maximum atomic E-state index is 13.5. The average Bonchev–Trinajstić information content (AvgIpc) is 2.72. The average molecular weight is 324 g/mol. The van der Waals surface area contributed by atoms with E-state index in [1.807, 2.05) is 5.32 Å². The molecule has 2 aromatic rings. The number of benzene rings is 2. The van der Waals surface area contributed by atoms with Gasteiger partial charge in [-0.2, -0.15) is 0 Å². The summed E-state index contributed by atoms with van der Waals surface area (Å²) in [6, 6.07) is 3.39. The van der Waals surface area contributed by atoms with Gasteiger partial charge in [0.2, 0.25) is 0 Å². The smallest absolute Gasteiger partial charge is 0.316 e. The van der Waals surface area contributed by atoms with Crippen LogP contribution in [0.4, 0.5) is 22.4 Å². The molecule has 3 rings (SSSR count). The van der Waals surface area contributed by atoms with E-state index in [-0.39, 0.29) is 11.1 Å². The molecule has 0 saturated carbocycles. The molecule has 1 fully saturated rings. The van der Waals surface area contributed by atoms with Crippen molar-refractivity contribution in [2.45, 2.75) is 5.54 Å². The number of nitrogens with one attached hydrogen (secondary N) is 2. The number of hydrogen-bond donors (Lipinski definition) is 2. The van der Waals surface area contributed by atoms with Crippen LogP contribution in [0.15, 0.2) is 36.4 Å². The third-order valence-corrected chi connectivity index (χ3v) is 3.46. The summed E-state index contributed by atoms with van der Waals surface area (Å²) in [4.78, 5) is 23.8. The summed E-state index contributed by atoms with van der Waals surface area (Å²) in [5, 5.41) is 4.10. The highest BCUT2D eigenvalue weighted by molar-refractivity contribution is 6.09. The normalized spacial score (nSPS) is 16.2. The molecule has 0 aromatic heterocycles. The quantitative estimate of drug-likeness (QED) is 0.658. The fourth-order valence-electron chi connectivity index (χ4n) is 2.57. The van der Waals surface area contributed by atoms with Gasteiger partial charge in [-0.25, -0.2) is 22.4 Å². The second-order valence-electron chi connectivity index (χ2n) is 4.97. The maximum Gasteiger partial charge on any atom is 0.322 e. The van der Waals surface area contributed by atoms with E-state index in [4.69, 9.17) is 0 Å². The molecule has 4 nitrogen and oxygen atoms in total. The molecule has 2 aromatic carbocycles. The Bertz CT molecular complexity index is 746. The lowest BCUT2D eigenvalue weighted by molar-refractivity contribution is -0.122. The topological polar surface area (TPSA) is 58.2 Å². The second kappa shape index (κ2) is 5.08. The van der Waals surface area contributed by atoms with Gasteiger partial charge in [0.15, 0.2) is 5.54 Å². The highest BCUT2D eigenvalue weighted by Crippen LogP contribution is 2.34. The molecular formula is C15H8F4N2O2. The van der Waals surface area contributed by atoms with Crippen molar-refractivity contribution in [2.75, 3.05) is 0 Å². The third-order valence-electron chi connectivity index (χ3n) is 3.46. The Morgan fingerprint density at radius 1 is 0.696 bits per heavy atom. The Balaban J connectivity index is 2.31. The van der Waals surface area contributed by atoms with Gasteiger partial charge in [-0.15, -0.1) is 0 Å². The van der Waals surface area contributed by atoms with E-state index < -0.39 is 40.7 Å². The molecule has 1 saturated heterocycles. The first-order valence-electron chi connectivity index (χ1n) is 6.38. The first-order chi connectivity index (χ1) is 10.8. The summed E-state index contributed by atoms with van der Waals surface area (Å²) < 4.78 is 54.1. The molecule has 1 heterocycles. The molecule has 0 spiro atoms. The first kappa shape index (κ1) is 15.0. The summed E-state index contributed by atoms with van der Waals surface area (Å²) in [5.74, 6) is -5.04. The van der Waals surface area contributed by atoms with Crippen LogP contribution in [0.1, 0.15) is 11.1 Å². The minimum absolute atomic E-state index is 0.302. The van der Waals surface area contributed by atoms with Crippen molar-refractivity contribution >= 4 is 11.9 Å². The van der Waals surface area contributed by atoms with E-state index in [0.29, 0.717) is 12.1 Å². The molecule has 8 heteroatoms. The van der Waals surface area contributed by atoms with Gasteiger partial charge in [-0.3, -0.25) is 10.1 Å². The Kier molecular flexibility index (Phi) is 3.32. The summed E-state index contributed by atoms with van der Waals surface area (Å²) in [7, 11) is 0. The summed E-state index contributed by atoms with van der Waals surface area (Å²) >= 11 is 0. The lowest BCUT2D eigenvalue weighted by atomic mass is 9.82. The monoisotopic (exact) mass is 324 g/mol. The van der Waals surface area contributed by atoms with Crippen molar-refractivity contribution in [2.24, 2.45) is 0 Å².